The molecule has 1 fully saturated rings. The molecule has 8 N–H and O–H groups in total. The predicted octanol–water partition coefficient (Wildman–Crippen LogP) is -1.02. The number of carbonyl (C=O) groups excluding carboxylic acids is 4. The van der Waals surface area contributed by atoms with Crippen LogP contribution in [-0.2, 0) is 30.4 Å². The Labute approximate surface area is 201 Å². The molecule has 0 bridgehead atoms. The van der Waals surface area contributed by atoms with Gasteiger partial charge in [0.25, 0.3) is 0 Å². The Morgan fingerprint density at radius 3 is 2.57 bits per heavy atom. The van der Waals surface area contributed by atoms with Crippen molar-refractivity contribution in [2.75, 3.05) is 13.1 Å². The maximum absolute atomic E-state index is 13.0. The zero-order valence-electron chi connectivity index (χ0n) is 19.2. The first-order valence-electron chi connectivity index (χ1n) is 11.4. The lowest BCUT2D eigenvalue weighted by Gasteiger charge is -2.26. The average Bonchev–Trinajstić information content (AvgIpc) is 3.48. The van der Waals surface area contributed by atoms with E-state index in [1.165, 1.54) is 4.90 Å². The molecule has 4 amide bonds. The number of hydrogen-bond acceptors (Lipinski definition) is 6. The lowest BCUT2D eigenvalue weighted by Crippen LogP contribution is -2.56. The highest BCUT2D eigenvalue weighted by atomic mass is 16.4. The minimum absolute atomic E-state index is 0.00295. The molecule has 188 valence electrons. The summed E-state index contributed by atoms with van der Waals surface area (Å²) < 4.78 is 0. The third-order valence-corrected chi connectivity index (χ3v) is 6.08. The minimum atomic E-state index is -1.28. The third kappa shape index (κ3) is 6.35. The minimum Gasteiger partial charge on any atom is -0.480 e. The van der Waals surface area contributed by atoms with Crippen LogP contribution in [0.25, 0.3) is 10.9 Å². The summed E-state index contributed by atoms with van der Waals surface area (Å²) in [6, 6.07) is 4.07. The molecule has 1 aromatic carbocycles. The molecule has 3 unspecified atom stereocenters. The molecule has 12 nitrogen and oxygen atoms in total. The van der Waals surface area contributed by atoms with Crippen molar-refractivity contribution < 1.29 is 29.1 Å². The molecular formula is C23H30N6O6. The van der Waals surface area contributed by atoms with Gasteiger partial charge in [-0.2, -0.15) is 0 Å². The molecule has 35 heavy (non-hydrogen) atoms. The highest BCUT2D eigenvalue weighted by Gasteiger charge is 2.36. The number of carboxylic acids is 1. The van der Waals surface area contributed by atoms with Gasteiger partial charge in [-0.15, -0.1) is 0 Å². The smallest absolute Gasteiger partial charge is 0.326 e. The normalized spacial score (nSPS) is 17.1. The van der Waals surface area contributed by atoms with Crippen molar-refractivity contribution in [3.05, 3.63) is 36.0 Å². The number of aromatic nitrogens is 1. The first-order valence-corrected chi connectivity index (χ1v) is 11.4. The Hall–Kier alpha value is -3.93. The number of carbonyl (C=O) groups is 5. The first-order chi connectivity index (χ1) is 16.7. The van der Waals surface area contributed by atoms with Crippen LogP contribution in [0, 0.1) is 0 Å². The molecule has 1 saturated heterocycles. The van der Waals surface area contributed by atoms with Crippen LogP contribution < -0.4 is 22.1 Å². The van der Waals surface area contributed by atoms with E-state index < -0.39 is 41.8 Å². The lowest BCUT2D eigenvalue weighted by molar-refractivity contribution is -0.143. The number of carboxylic acid groups (broad SMARTS) is 1. The number of nitrogens with zero attached hydrogens (tertiary/aromatic N) is 1. The van der Waals surface area contributed by atoms with Crippen molar-refractivity contribution in [2.24, 2.45) is 11.5 Å². The van der Waals surface area contributed by atoms with Gasteiger partial charge in [-0.1, -0.05) is 18.2 Å². The van der Waals surface area contributed by atoms with Gasteiger partial charge in [0.05, 0.1) is 6.54 Å². The van der Waals surface area contributed by atoms with Gasteiger partial charge in [0.1, 0.15) is 18.1 Å². The van der Waals surface area contributed by atoms with E-state index in [1.54, 1.807) is 6.20 Å². The molecule has 3 rings (SSSR count). The standard InChI is InChI=1S/C23H30N6O6/c24-11-20(31)29-9-3-6-18(29)22(33)27-16(7-8-19(25)30)21(32)28-17(23(34)35)10-13-12-26-15-5-2-1-4-14(13)15/h1-2,4-5,12,16-18,26H,3,6-11,24H2,(H2,25,30)(H,27,33)(H,28,32)(H,34,35). The summed E-state index contributed by atoms with van der Waals surface area (Å²) >= 11 is 0. The Bertz CT molecular complexity index is 1110. The first kappa shape index (κ1) is 25.7. The van der Waals surface area contributed by atoms with Crippen LogP contribution in [0.5, 0.6) is 0 Å². The maximum Gasteiger partial charge on any atom is 0.326 e. The van der Waals surface area contributed by atoms with Gasteiger partial charge in [-0.05, 0) is 30.9 Å². The second-order valence-corrected chi connectivity index (χ2v) is 8.48. The number of aromatic amines is 1. The SMILES string of the molecule is NCC(=O)N1CCCC1C(=O)NC(CCC(N)=O)C(=O)NC(Cc1c[nH]c2ccccc12)C(=O)O. The van der Waals surface area contributed by atoms with Gasteiger partial charge < -0.3 is 37.1 Å². The summed E-state index contributed by atoms with van der Waals surface area (Å²) in [4.78, 5) is 65.6. The number of rotatable bonds is 11. The van der Waals surface area contributed by atoms with Crippen LogP contribution in [0.15, 0.2) is 30.5 Å². The van der Waals surface area contributed by atoms with Crippen molar-refractivity contribution in [2.45, 2.75) is 50.2 Å². The van der Waals surface area contributed by atoms with Crippen molar-refractivity contribution >= 4 is 40.5 Å². The molecule has 1 aliphatic heterocycles. The van der Waals surface area contributed by atoms with E-state index in [9.17, 15) is 29.1 Å². The van der Waals surface area contributed by atoms with Gasteiger partial charge >= 0.3 is 5.97 Å². The number of amides is 4. The number of H-pyrrole nitrogens is 1. The van der Waals surface area contributed by atoms with Crippen LogP contribution in [-0.4, -0.2) is 75.8 Å². The number of para-hydroxylation sites is 1. The van der Waals surface area contributed by atoms with E-state index in [-0.39, 0.29) is 31.7 Å². The average molecular weight is 487 g/mol. The zero-order valence-corrected chi connectivity index (χ0v) is 19.2. The van der Waals surface area contributed by atoms with E-state index in [0.717, 1.165) is 10.9 Å². The number of benzene rings is 1. The van der Waals surface area contributed by atoms with Crippen LogP contribution in [0.1, 0.15) is 31.2 Å². The van der Waals surface area contributed by atoms with Crippen LogP contribution >= 0.6 is 0 Å². The second-order valence-electron chi connectivity index (χ2n) is 8.48. The monoisotopic (exact) mass is 486 g/mol. The summed E-state index contributed by atoms with van der Waals surface area (Å²) in [7, 11) is 0. The highest BCUT2D eigenvalue weighted by Crippen LogP contribution is 2.20. The fraction of sp³-hybridized carbons (Fsp3) is 0.435. The zero-order chi connectivity index (χ0) is 25.5. The molecular weight excluding hydrogens is 456 g/mol. The number of nitrogens with one attached hydrogen (secondary N) is 3. The van der Waals surface area contributed by atoms with Crippen molar-refractivity contribution in [3.63, 3.8) is 0 Å². The molecule has 12 heteroatoms. The Kier molecular flexibility index (Phi) is 8.42. The van der Waals surface area contributed by atoms with Gasteiger partial charge in [-0.3, -0.25) is 19.2 Å². The lowest BCUT2D eigenvalue weighted by atomic mass is 10.0. The third-order valence-electron chi connectivity index (χ3n) is 6.08. The van der Waals surface area contributed by atoms with Gasteiger partial charge in [-0.25, -0.2) is 4.79 Å². The summed E-state index contributed by atoms with van der Waals surface area (Å²) in [6.45, 7) is 0.126. The fourth-order valence-corrected chi connectivity index (χ4v) is 4.27. The molecule has 0 radical (unpaired) electrons. The maximum atomic E-state index is 13.0. The molecule has 2 heterocycles. The van der Waals surface area contributed by atoms with Crippen molar-refractivity contribution in [1.82, 2.24) is 20.5 Å². The van der Waals surface area contributed by atoms with Crippen molar-refractivity contribution in [1.29, 1.82) is 0 Å². The van der Waals surface area contributed by atoms with Gasteiger partial charge in [0.15, 0.2) is 0 Å². The van der Waals surface area contributed by atoms with Gasteiger partial charge in [0.2, 0.25) is 23.6 Å². The number of nitrogens with two attached hydrogens (primary N) is 2. The topological polar surface area (TPSA) is 201 Å². The van der Waals surface area contributed by atoms with E-state index in [1.807, 2.05) is 24.3 Å². The van der Waals surface area contributed by atoms with E-state index in [0.29, 0.717) is 24.9 Å². The molecule has 0 saturated carbocycles. The Morgan fingerprint density at radius 2 is 1.89 bits per heavy atom. The Morgan fingerprint density at radius 1 is 1.14 bits per heavy atom. The van der Waals surface area contributed by atoms with Crippen LogP contribution in [0.2, 0.25) is 0 Å². The van der Waals surface area contributed by atoms with Gasteiger partial charge in [0, 0.05) is 36.5 Å². The van der Waals surface area contributed by atoms with Crippen LogP contribution in [0.4, 0.5) is 0 Å². The van der Waals surface area contributed by atoms with Crippen LogP contribution in [0.3, 0.4) is 0 Å². The molecule has 0 aliphatic carbocycles. The van der Waals surface area contributed by atoms with E-state index in [2.05, 4.69) is 15.6 Å². The molecule has 1 aliphatic rings. The number of hydrogen-bond donors (Lipinski definition) is 6. The molecule has 0 spiro atoms. The summed E-state index contributed by atoms with van der Waals surface area (Å²) in [5, 5.41) is 15.6. The number of aliphatic carboxylic acids is 1. The number of fused-ring (bicyclic) bond motifs is 1. The summed E-state index contributed by atoms with van der Waals surface area (Å²) in [5.74, 6) is -3.64. The number of primary amides is 1. The fourth-order valence-electron chi connectivity index (χ4n) is 4.27. The summed E-state index contributed by atoms with van der Waals surface area (Å²) in [5.41, 5.74) is 12.2. The van der Waals surface area contributed by atoms with Crippen molar-refractivity contribution in [3.8, 4) is 0 Å². The second kappa shape index (κ2) is 11.5. The molecule has 1 aromatic heterocycles. The number of likely N-dealkylation sites (tertiary alicyclic amines) is 1. The Balaban J connectivity index is 1.73. The molecule has 2 aromatic rings. The predicted molar refractivity (Wildman–Crippen MR) is 126 cm³/mol. The largest absolute Gasteiger partial charge is 0.480 e. The molecule has 3 atom stereocenters. The highest BCUT2D eigenvalue weighted by molar-refractivity contribution is 5.94. The van der Waals surface area contributed by atoms with E-state index >= 15 is 0 Å². The summed E-state index contributed by atoms with van der Waals surface area (Å²) in [6.07, 6.45) is 2.37. The quantitative estimate of drug-likeness (QED) is 0.233. The van der Waals surface area contributed by atoms with E-state index in [4.69, 9.17) is 11.5 Å².